The van der Waals surface area contributed by atoms with Gasteiger partial charge in [0.1, 0.15) is 0 Å². The minimum atomic E-state index is 0.619. The summed E-state index contributed by atoms with van der Waals surface area (Å²) in [4.78, 5) is 15.6. The number of hydrogen-bond acceptors (Lipinski definition) is 4. The summed E-state index contributed by atoms with van der Waals surface area (Å²) >= 11 is 1.85. The van der Waals surface area contributed by atoms with E-state index in [1.165, 1.54) is 53.1 Å². The highest BCUT2D eigenvalue weighted by Gasteiger charge is 2.21. The highest BCUT2D eigenvalue weighted by Crippen LogP contribution is 2.45. The number of nitrogens with zero attached hydrogens (tertiary/aromatic N) is 4. The van der Waals surface area contributed by atoms with Crippen molar-refractivity contribution in [3.63, 3.8) is 0 Å². The van der Waals surface area contributed by atoms with Crippen molar-refractivity contribution >= 4 is 53.3 Å². The zero-order valence-electron chi connectivity index (χ0n) is 33.5. The summed E-state index contributed by atoms with van der Waals surface area (Å²) in [6.45, 7) is 0. The topological polar surface area (TPSA) is 43.6 Å². The number of para-hydroxylation sites is 2. The van der Waals surface area contributed by atoms with E-state index in [1.807, 2.05) is 47.7 Å². The molecule has 9 aromatic carbocycles. The van der Waals surface area contributed by atoms with Gasteiger partial charge in [0.15, 0.2) is 17.5 Å². The van der Waals surface area contributed by atoms with E-state index in [9.17, 15) is 0 Å². The fourth-order valence-corrected chi connectivity index (χ4v) is 10.1. The Bertz CT molecular complexity index is 3560. The molecule has 0 amide bonds. The summed E-state index contributed by atoms with van der Waals surface area (Å²) in [6, 6.07) is 77.5. The quantitative estimate of drug-likeness (QED) is 0.161. The molecule has 12 rings (SSSR count). The van der Waals surface area contributed by atoms with Gasteiger partial charge in [-0.1, -0.05) is 176 Å². The van der Waals surface area contributed by atoms with E-state index in [-0.39, 0.29) is 0 Å². The van der Waals surface area contributed by atoms with Gasteiger partial charge in [-0.2, -0.15) is 0 Å². The van der Waals surface area contributed by atoms with Crippen LogP contribution in [0.2, 0.25) is 0 Å². The highest BCUT2D eigenvalue weighted by molar-refractivity contribution is 7.26. The van der Waals surface area contributed by atoms with Gasteiger partial charge >= 0.3 is 0 Å². The van der Waals surface area contributed by atoms with E-state index in [2.05, 4.69) is 187 Å². The van der Waals surface area contributed by atoms with Gasteiger partial charge < -0.3 is 4.57 Å². The molecule has 3 aromatic heterocycles. The molecule has 5 heteroatoms. The minimum absolute atomic E-state index is 0.619. The minimum Gasteiger partial charge on any atom is -0.309 e. The van der Waals surface area contributed by atoms with Crippen LogP contribution in [0.15, 0.2) is 218 Å². The van der Waals surface area contributed by atoms with E-state index in [0.29, 0.717) is 17.5 Å². The molecule has 0 bridgehead atoms. The van der Waals surface area contributed by atoms with Gasteiger partial charge in [0, 0.05) is 53.3 Å². The van der Waals surface area contributed by atoms with Crippen molar-refractivity contribution < 1.29 is 0 Å². The lowest BCUT2D eigenvalue weighted by atomic mass is 9.90. The zero-order chi connectivity index (χ0) is 41.0. The molecule has 0 N–H and O–H groups in total. The molecule has 4 nitrogen and oxygen atoms in total. The predicted octanol–water partition coefficient (Wildman–Crippen LogP) is 15.3. The number of thiophene rings is 1. The third-order valence-electron chi connectivity index (χ3n) is 11.9. The van der Waals surface area contributed by atoms with E-state index < -0.39 is 0 Å². The Morgan fingerprint density at radius 1 is 0.323 bits per heavy atom. The van der Waals surface area contributed by atoms with Crippen molar-refractivity contribution in [2.24, 2.45) is 0 Å². The molecule has 0 aliphatic heterocycles. The van der Waals surface area contributed by atoms with Crippen LogP contribution in [0.4, 0.5) is 0 Å². The largest absolute Gasteiger partial charge is 0.309 e. The summed E-state index contributed by atoms with van der Waals surface area (Å²) < 4.78 is 4.95. The van der Waals surface area contributed by atoms with Gasteiger partial charge in [0.05, 0.1) is 11.0 Å². The van der Waals surface area contributed by atoms with Crippen molar-refractivity contribution in [3.05, 3.63) is 218 Å². The molecule has 0 atom stereocenters. The van der Waals surface area contributed by atoms with Crippen LogP contribution in [0.1, 0.15) is 0 Å². The molecule has 0 aliphatic rings. The summed E-state index contributed by atoms with van der Waals surface area (Å²) in [5.41, 5.74) is 13.1. The lowest BCUT2D eigenvalue weighted by molar-refractivity contribution is 1.07. The number of rotatable bonds is 7. The Balaban J connectivity index is 1.13. The maximum absolute atomic E-state index is 5.29. The van der Waals surface area contributed by atoms with Crippen LogP contribution in [-0.4, -0.2) is 19.5 Å². The first-order chi connectivity index (χ1) is 30.7. The highest BCUT2D eigenvalue weighted by atomic mass is 32.1. The van der Waals surface area contributed by atoms with E-state index in [0.717, 1.165) is 44.6 Å². The summed E-state index contributed by atoms with van der Waals surface area (Å²) in [7, 11) is 0. The number of aromatic nitrogens is 4. The van der Waals surface area contributed by atoms with Crippen LogP contribution in [0.25, 0.3) is 115 Å². The Morgan fingerprint density at radius 2 is 0.839 bits per heavy atom. The smallest absolute Gasteiger partial charge is 0.164 e. The molecule has 0 aliphatic carbocycles. The van der Waals surface area contributed by atoms with E-state index >= 15 is 0 Å². The molecule has 62 heavy (non-hydrogen) atoms. The predicted molar refractivity (Wildman–Crippen MR) is 260 cm³/mol. The van der Waals surface area contributed by atoms with Crippen LogP contribution in [0, 0.1) is 0 Å². The fraction of sp³-hybridized carbons (Fsp3) is 0. The SMILES string of the molecule is c1ccc(-c2nc(-c3ccccc3)nc(-c3cc(-c4ccccc4-c4ccccc4)ccc3-c3ccc4sc5ccc6c7ccccc7n(-c7ccccc7)c6c5c4c3)n2)cc1. The lowest BCUT2D eigenvalue weighted by Gasteiger charge is -2.16. The van der Waals surface area contributed by atoms with Gasteiger partial charge in [0.2, 0.25) is 0 Å². The average molecular weight is 809 g/mol. The van der Waals surface area contributed by atoms with Crippen molar-refractivity contribution in [1.29, 1.82) is 0 Å². The van der Waals surface area contributed by atoms with Crippen molar-refractivity contribution in [3.8, 4) is 73.2 Å². The first kappa shape index (κ1) is 35.9. The van der Waals surface area contributed by atoms with Crippen molar-refractivity contribution in [2.75, 3.05) is 0 Å². The Morgan fingerprint density at radius 3 is 1.53 bits per heavy atom. The number of benzene rings is 9. The molecule has 0 fully saturated rings. The lowest BCUT2D eigenvalue weighted by Crippen LogP contribution is -2.01. The molecule has 12 aromatic rings. The van der Waals surface area contributed by atoms with Crippen molar-refractivity contribution in [2.45, 2.75) is 0 Å². The Kier molecular flexibility index (Phi) is 8.65. The fourth-order valence-electron chi connectivity index (χ4n) is 9.01. The van der Waals surface area contributed by atoms with Gasteiger partial charge in [0.25, 0.3) is 0 Å². The molecular weight excluding hydrogens is 773 g/mol. The third kappa shape index (κ3) is 6.09. The second-order valence-corrected chi connectivity index (χ2v) is 16.6. The van der Waals surface area contributed by atoms with Crippen LogP contribution < -0.4 is 0 Å². The Labute approximate surface area is 362 Å². The monoisotopic (exact) mass is 808 g/mol. The molecule has 290 valence electrons. The maximum Gasteiger partial charge on any atom is 0.164 e. The van der Waals surface area contributed by atoms with Crippen LogP contribution >= 0.6 is 11.3 Å². The first-order valence-corrected chi connectivity index (χ1v) is 21.7. The molecule has 0 saturated carbocycles. The molecule has 0 saturated heterocycles. The normalized spacial score (nSPS) is 11.5. The number of fused-ring (bicyclic) bond motifs is 7. The van der Waals surface area contributed by atoms with Gasteiger partial charge in [-0.25, -0.2) is 15.0 Å². The first-order valence-electron chi connectivity index (χ1n) is 20.9. The standard InChI is InChI=1S/C57H36N4S/c1-5-17-37(18-6-1)43-25-13-14-26-44(43)40-29-31-45(48(35-40)57-59-55(38-19-7-2-8-20-38)58-56(60-57)39-21-9-3-10-22-39)41-30-33-51-49(36-41)53-52(62-51)34-32-47-46-27-15-16-28-50(46)61(54(47)53)42-23-11-4-12-24-42/h1-36H. The second-order valence-electron chi connectivity index (χ2n) is 15.5. The summed E-state index contributed by atoms with van der Waals surface area (Å²) in [5.74, 6) is 1.88. The van der Waals surface area contributed by atoms with E-state index in [1.54, 1.807) is 0 Å². The van der Waals surface area contributed by atoms with Crippen molar-refractivity contribution in [1.82, 2.24) is 19.5 Å². The molecule has 0 unspecified atom stereocenters. The number of hydrogen-bond donors (Lipinski definition) is 0. The zero-order valence-corrected chi connectivity index (χ0v) is 34.3. The van der Waals surface area contributed by atoms with Crippen LogP contribution in [0.3, 0.4) is 0 Å². The average Bonchev–Trinajstić information content (AvgIpc) is 3.90. The summed E-state index contributed by atoms with van der Waals surface area (Å²) in [5, 5.41) is 4.98. The van der Waals surface area contributed by atoms with Crippen LogP contribution in [0.5, 0.6) is 0 Å². The van der Waals surface area contributed by atoms with Gasteiger partial charge in [-0.3, -0.25) is 0 Å². The Hall–Kier alpha value is -7.99. The molecular formula is C57H36N4S. The summed E-state index contributed by atoms with van der Waals surface area (Å²) in [6.07, 6.45) is 0. The molecule has 3 heterocycles. The third-order valence-corrected chi connectivity index (χ3v) is 13.0. The molecule has 0 radical (unpaired) electrons. The van der Waals surface area contributed by atoms with E-state index in [4.69, 9.17) is 15.0 Å². The van der Waals surface area contributed by atoms with Gasteiger partial charge in [-0.05, 0) is 75.8 Å². The second kappa shape index (κ2) is 14.9. The van der Waals surface area contributed by atoms with Crippen LogP contribution in [-0.2, 0) is 0 Å². The maximum atomic E-state index is 5.29. The van der Waals surface area contributed by atoms with Gasteiger partial charge in [-0.15, -0.1) is 11.3 Å². The molecule has 0 spiro atoms.